The first-order chi connectivity index (χ1) is 7.72. The van der Waals surface area contributed by atoms with Crippen LogP contribution >= 0.6 is 0 Å². The van der Waals surface area contributed by atoms with Crippen LogP contribution in [0.2, 0.25) is 0 Å². The highest BCUT2D eigenvalue weighted by Crippen LogP contribution is 2.13. The van der Waals surface area contributed by atoms with E-state index in [0.717, 1.165) is 0 Å². The van der Waals surface area contributed by atoms with Crippen LogP contribution in [-0.2, 0) is 6.54 Å². The summed E-state index contributed by atoms with van der Waals surface area (Å²) in [7, 11) is 0. The Hall–Kier alpha value is -2.35. The lowest BCUT2D eigenvalue weighted by Crippen LogP contribution is -2.07. The molecule has 0 unspecified atom stereocenters. The molecule has 0 saturated heterocycles. The Morgan fingerprint density at radius 3 is 2.81 bits per heavy atom. The predicted octanol–water partition coefficient (Wildman–Crippen LogP) is 1.52. The zero-order valence-corrected chi connectivity index (χ0v) is 8.39. The number of hydrogen-bond acceptors (Lipinski definition) is 3. The molecule has 5 heteroatoms. The predicted molar refractivity (Wildman–Crippen MR) is 56.9 cm³/mol. The minimum atomic E-state index is -0.309. The molecule has 0 spiro atoms. The van der Waals surface area contributed by atoms with Crippen LogP contribution in [0.25, 0.3) is 0 Å². The number of halogens is 1. The monoisotopic (exact) mass is 216 g/mol. The van der Waals surface area contributed by atoms with Crippen LogP contribution < -0.4 is 5.73 Å². The Labute approximate surface area is 91.7 Å². The van der Waals surface area contributed by atoms with E-state index in [-0.39, 0.29) is 18.2 Å². The lowest BCUT2D eigenvalue weighted by Gasteiger charge is -2.05. The molecule has 0 atom stereocenters. The van der Waals surface area contributed by atoms with Crippen molar-refractivity contribution in [3.8, 4) is 6.07 Å². The van der Waals surface area contributed by atoms with E-state index in [1.807, 2.05) is 6.07 Å². The van der Waals surface area contributed by atoms with Crippen molar-refractivity contribution in [1.29, 1.82) is 5.26 Å². The van der Waals surface area contributed by atoms with Crippen molar-refractivity contribution in [2.24, 2.45) is 0 Å². The molecule has 0 aliphatic rings. The third-order valence-corrected chi connectivity index (χ3v) is 2.28. The van der Waals surface area contributed by atoms with Gasteiger partial charge in [0.25, 0.3) is 0 Å². The third kappa shape index (κ3) is 1.73. The fraction of sp³-hybridized carbons (Fsp3) is 0.0909. The molecule has 2 rings (SSSR count). The van der Waals surface area contributed by atoms with Crippen LogP contribution in [0.15, 0.2) is 30.5 Å². The number of hydrogen-bond donors (Lipinski definition) is 1. The molecule has 0 aliphatic heterocycles. The van der Waals surface area contributed by atoms with Gasteiger partial charge in [0.15, 0.2) is 0 Å². The van der Waals surface area contributed by atoms with Gasteiger partial charge in [-0.15, -0.1) is 0 Å². The summed E-state index contributed by atoms with van der Waals surface area (Å²) in [6.07, 6.45) is 1.37. The van der Waals surface area contributed by atoms with Crippen molar-refractivity contribution in [1.82, 2.24) is 9.78 Å². The molecular weight excluding hydrogens is 207 g/mol. The summed E-state index contributed by atoms with van der Waals surface area (Å²) in [5.41, 5.74) is 6.46. The number of nitrogens with two attached hydrogens (primary N) is 1. The van der Waals surface area contributed by atoms with E-state index in [1.54, 1.807) is 18.2 Å². The molecule has 2 N–H and O–H groups in total. The van der Waals surface area contributed by atoms with Crippen LogP contribution in [0.5, 0.6) is 0 Å². The van der Waals surface area contributed by atoms with E-state index in [0.29, 0.717) is 11.1 Å². The van der Waals surface area contributed by atoms with Crippen molar-refractivity contribution in [3.63, 3.8) is 0 Å². The van der Waals surface area contributed by atoms with Crippen LogP contribution in [0.1, 0.15) is 11.1 Å². The summed E-state index contributed by atoms with van der Waals surface area (Å²) in [4.78, 5) is 0. The largest absolute Gasteiger partial charge is 0.383 e. The Balaban J connectivity index is 2.32. The average Bonchev–Trinajstić information content (AvgIpc) is 2.63. The Morgan fingerprint density at radius 1 is 1.44 bits per heavy atom. The van der Waals surface area contributed by atoms with Crippen molar-refractivity contribution >= 4 is 5.82 Å². The van der Waals surface area contributed by atoms with Gasteiger partial charge in [-0.1, -0.05) is 18.2 Å². The lowest BCUT2D eigenvalue weighted by molar-refractivity contribution is 0.587. The van der Waals surface area contributed by atoms with Gasteiger partial charge >= 0.3 is 0 Å². The number of anilines is 1. The smallest absolute Gasteiger partial charge is 0.140 e. The summed E-state index contributed by atoms with van der Waals surface area (Å²) >= 11 is 0. The summed E-state index contributed by atoms with van der Waals surface area (Å²) in [6.45, 7) is 0.222. The van der Waals surface area contributed by atoms with Crippen molar-refractivity contribution < 1.29 is 4.39 Å². The Bertz CT molecular complexity index is 553. The van der Waals surface area contributed by atoms with Gasteiger partial charge in [0, 0.05) is 5.56 Å². The van der Waals surface area contributed by atoms with Crippen LogP contribution in [-0.4, -0.2) is 9.78 Å². The summed E-state index contributed by atoms with van der Waals surface area (Å²) in [5.74, 6) is -0.0540. The first kappa shape index (κ1) is 10.2. The van der Waals surface area contributed by atoms with E-state index in [4.69, 9.17) is 11.0 Å². The molecule has 0 aliphatic carbocycles. The van der Waals surface area contributed by atoms with E-state index in [1.165, 1.54) is 16.9 Å². The summed E-state index contributed by atoms with van der Waals surface area (Å²) in [5, 5.41) is 12.6. The van der Waals surface area contributed by atoms with Crippen molar-refractivity contribution in [3.05, 3.63) is 47.4 Å². The Kier molecular flexibility index (Phi) is 2.56. The number of rotatable bonds is 2. The van der Waals surface area contributed by atoms with Crippen LogP contribution in [0.3, 0.4) is 0 Å². The fourth-order valence-corrected chi connectivity index (χ4v) is 1.39. The van der Waals surface area contributed by atoms with Gasteiger partial charge in [-0.3, -0.25) is 0 Å². The van der Waals surface area contributed by atoms with Crippen LogP contribution in [0, 0.1) is 17.1 Å². The van der Waals surface area contributed by atoms with Gasteiger partial charge in [-0.05, 0) is 6.07 Å². The minimum Gasteiger partial charge on any atom is -0.383 e. The molecule has 1 heterocycles. The lowest BCUT2D eigenvalue weighted by atomic mass is 10.2. The fourth-order valence-electron chi connectivity index (χ4n) is 1.39. The molecule has 16 heavy (non-hydrogen) atoms. The maximum atomic E-state index is 13.3. The highest BCUT2D eigenvalue weighted by molar-refractivity contribution is 5.47. The molecule has 0 saturated carbocycles. The first-order valence-electron chi connectivity index (χ1n) is 4.67. The van der Waals surface area contributed by atoms with E-state index in [2.05, 4.69) is 5.10 Å². The Morgan fingerprint density at radius 2 is 2.19 bits per heavy atom. The second kappa shape index (κ2) is 4.03. The second-order valence-corrected chi connectivity index (χ2v) is 3.30. The van der Waals surface area contributed by atoms with Gasteiger partial charge in [0.2, 0.25) is 0 Å². The SMILES string of the molecule is N#Cc1cnn(Cc2ccccc2F)c1N. The van der Waals surface area contributed by atoms with Gasteiger partial charge in [0.1, 0.15) is 23.3 Å². The van der Waals surface area contributed by atoms with Gasteiger partial charge in [-0.2, -0.15) is 10.4 Å². The normalized spacial score (nSPS) is 10.0. The summed E-state index contributed by atoms with van der Waals surface area (Å²) in [6, 6.07) is 8.30. The summed E-state index contributed by atoms with van der Waals surface area (Å²) < 4.78 is 14.7. The van der Waals surface area contributed by atoms with Gasteiger partial charge in [0.05, 0.1) is 12.7 Å². The maximum absolute atomic E-state index is 13.3. The third-order valence-electron chi connectivity index (χ3n) is 2.28. The number of nitrogen functional groups attached to an aromatic ring is 1. The molecule has 0 amide bonds. The molecule has 0 radical (unpaired) electrons. The first-order valence-corrected chi connectivity index (χ1v) is 4.67. The highest BCUT2D eigenvalue weighted by atomic mass is 19.1. The average molecular weight is 216 g/mol. The van der Waals surface area contributed by atoms with Crippen molar-refractivity contribution in [2.75, 3.05) is 5.73 Å². The van der Waals surface area contributed by atoms with Gasteiger partial charge < -0.3 is 5.73 Å². The molecule has 80 valence electrons. The number of nitriles is 1. The topological polar surface area (TPSA) is 67.6 Å². The number of aromatic nitrogens is 2. The highest BCUT2D eigenvalue weighted by Gasteiger charge is 2.08. The number of nitrogens with zero attached hydrogens (tertiary/aromatic N) is 3. The molecule has 4 nitrogen and oxygen atoms in total. The molecule has 1 aromatic carbocycles. The van der Waals surface area contributed by atoms with Crippen LogP contribution in [0.4, 0.5) is 10.2 Å². The minimum absolute atomic E-state index is 0.222. The molecule has 2 aromatic rings. The molecule has 0 bridgehead atoms. The zero-order chi connectivity index (χ0) is 11.5. The molecular formula is C11H9FN4. The quantitative estimate of drug-likeness (QED) is 0.827. The van der Waals surface area contributed by atoms with E-state index in [9.17, 15) is 4.39 Å². The maximum Gasteiger partial charge on any atom is 0.140 e. The second-order valence-electron chi connectivity index (χ2n) is 3.30. The number of benzene rings is 1. The van der Waals surface area contributed by atoms with E-state index >= 15 is 0 Å². The molecule has 1 aromatic heterocycles. The zero-order valence-electron chi connectivity index (χ0n) is 8.39. The molecule has 0 fully saturated rings. The van der Waals surface area contributed by atoms with Crippen molar-refractivity contribution in [2.45, 2.75) is 6.54 Å². The van der Waals surface area contributed by atoms with Gasteiger partial charge in [-0.25, -0.2) is 9.07 Å². The van der Waals surface area contributed by atoms with E-state index < -0.39 is 0 Å². The standard InChI is InChI=1S/C11H9FN4/c12-10-4-2-1-3-8(10)7-16-11(14)9(5-13)6-15-16/h1-4,6H,7,14H2.